The van der Waals surface area contributed by atoms with Crippen molar-refractivity contribution in [2.24, 2.45) is 5.73 Å². The fraction of sp³-hybridized carbons (Fsp3) is 0.333. The van der Waals surface area contributed by atoms with E-state index in [-0.39, 0.29) is 19.8 Å². The van der Waals surface area contributed by atoms with E-state index in [1.54, 1.807) is 0 Å². The van der Waals surface area contributed by atoms with Crippen molar-refractivity contribution in [2.45, 2.75) is 6.61 Å². The summed E-state index contributed by atoms with van der Waals surface area (Å²) in [5, 5.41) is 5.42. The molecule has 0 saturated heterocycles. The third-order valence-electron chi connectivity index (χ3n) is 2.23. The van der Waals surface area contributed by atoms with E-state index in [0.717, 1.165) is 11.3 Å². The van der Waals surface area contributed by atoms with Gasteiger partial charge in [-0.1, -0.05) is 12.1 Å². The zero-order chi connectivity index (χ0) is 14.1. The molecule has 104 valence electrons. The van der Waals surface area contributed by atoms with Crippen LogP contribution in [0.3, 0.4) is 0 Å². The van der Waals surface area contributed by atoms with Crippen molar-refractivity contribution in [3.05, 3.63) is 29.8 Å². The molecule has 0 aliphatic heterocycles. The molecule has 0 saturated carbocycles. The van der Waals surface area contributed by atoms with Gasteiger partial charge in [-0.15, -0.1) is 0 Å². The maximum atomic E-state index is 11.3. The second-order valence-electron chi connectivity index (χ2n) is 3.62. The van der Waals surface area contributed by atoms with Crippen LogP contribution in [0.25, 0.3) is 0 Å². The Hall–Kier alpha value is -2.44. The summed E-state index contributed by atoms with van der Waals surface area (Å²) in [5.41, 5.74) is 6.62. The SMILES string of the molecule is CNc1ccc(COC(=O)NCCOC(N)=O)cc1. The minimum Gasteiger partial charge on any atom is -0.448 e. The molecule has 0 bridgehead atoms. The predicted molar refractivity (Wildman–Crippen MR) is 69.7 cm³/mol. The van der Waals surface area contributed by atoms with Crippen LogP contribution in [0.15, 0.2) is 24.3 Å². The van der Waals surface area contributed by atoms with Crippen molar-refractivity contribution in [3.8, 4) is 0 Å². The molecule has 0 aliphatic rings. The highest BCUT2D eigenvalue weighted by Gasteiger charge is 2.02. The van der Waals surface area contributed by atoms with Crippen LogP contribution in [0.1, 0.15) is 5.56 Å². The fourth-order valence-electron chi connectivity index (χ4n) is 1.27. The number of primary amides is 1. The van der Waals surface area contributed by atoms with Gasteiger partial charge in [0.05, 0.1) is 6.54 Å². The van der Waals surface area contributed by atoms with Crippen molar-refractivity contribution < 1.29 is 19.1 Å². The van der Waals surface area contributed by atoms with E-state index in [2.05, 4.69) is 15.4 Å². The first-order valence-corrected chi connectivity index (χ1v) is 5.71. The second kappa shape index (κ2) is 7.80. The Morgan fingerprint density at radius 3 is 2.47 bits per heavy atom. The van der Waals surface area contributed by atoms with Crippen LogP contribution < -0.4 is 16.4 Å². The van der Waals surface area contributed by atoms with Crippen LogP contribution in [0.4, 0.5) is 15.3 Å². The van der Waals surface area contributed by atoms with Crippen LogP contribution in [0.2, 0.25) is 0 Å². The van der Waals surface area contributed by atoms with E-state index in [9.17, 15) is 9.59 Å². The summed E-state index contributed by atoms with van der Waals surface area (Å²) in [6.45, 7) is 0.342. The lowest BCUT2D eigenvalue weighted by Gasteiger charge is -2.07. The summed E-state index contributed by atoms with van der Waals surface area (Å²) < 4.78 is 9.41. The molecule has 2 amide bonds. The lowest BCUT2D eigenvalue weighted by Crippen LogP contribution is -2.29. The van der Waals surface area contributed by atoms with Gasteiger partial charge in [0.15, 0.2) is 0 Å². The molecule has 1 aromatic rings. The van der Waals surface area contributed by atoms with Gasteiger partial charge in [-0.2, -0.15) is 0 Å². The van der Waals surface area contributed by atoms with Crippen molar-refractivity contribution in [2.75, 3.05) is 25.5 Å². The Kier molecular flexibility index (Phi) is 6.00. The molecule has 4 N–H and O–H groups in total. The van der Waals surface area contributed by atoms with E-state index in [4.69, 9.17) is 10.5 Å². The van der Waals surface area contributed by atoms with Crippen LogP contribution in [0.5, 0.6) is 0 Å². The molecule has 7 heteroatoms. The van der Waals surface area contributed by atoms with E-state index in [1.165, 1.54) is 0 Å². The maximum Gasteiger partial charge on any atom is 0.407 e. The minimum atomic E-state index is -0.875. The average Bonchev–Trinajstić information content (AvgIpc) is 2.41. The molecule has 0 aliphatic carbocycles. The second-order valence-corrected chi connectivity index (χ2v) is 3.62. The Bertz CT molecular complexity index is 419. The van der Waals surface area contributed by atoms with Gasteiger partial charge < -0.3 is 25.8 Å². The van der Waals surface area contributed by atoms with Gasteiger partial charge in [0, 0.05) is 12.7 Å². The molecular formula is C12H17N3O4. The highest BCUT2D eigenvalue weighted by Crippen LogP contribution is 2.09. The number of hydrogen-bond donors (Lipinski definition) is 3. The van der Waals surface area contributed by atoms with Crippen molar-refractivity contribution in [1.82, 2.24) is 5.32 Å². The Morgan fingerprint density at radius 1 is 1.21 bits per heavy atom. The average molecular weight is 267 g/mol. The van der Waals surface area contributed by atoms with E-state index < -0.39 is 12.2 Å². The highest BCUT2D eigenvalue weighted by molar-refractivity contribution is 5.67. The van der Waals surface area contributed by atoms with E-state index in [0.29, 0.717) is 0 Å². The molecule has 0 atom stereocenters. The molecule has 0 radical (unpaired) electrons. The number of benzene rings is 1. The molecule has 0 spiro atoms. The highest BCUT2D eigenvalue weighted by atomic mass is 16.6. The number of nitrogens with two attached hydrogens (primary N) is 1. The minimum absolute atomic E-state index is 0.0152. The van der Waals surface area contributed by atoms with Gasteiger partial charge in [-0.25, -0.2) is 9.59 Å². The van der Waals surface area contributed by atoms with Gasteiger partial charge in [0.2, 0.25) is 0 Å². The number of carbonyl (C=O) groups excluding carboxylic acids is 2. The van der Waals surface area contributed by atoms with Gasteiger partial charge >= 0.3 is 12.2 Å². The monoisotopic (exact) mass is 267 g/mol. The van der Waals surface area contributed by atoms with Crippen LogP contribution in [-0.2, 0) is 16.1 Å². The first-order chi connectivity index (χ1) is 9.11. The summed E-state index contributed by atoms with van der Waals surface area (Å²) in [7, 11) is 1.83. The van der Waals surface area contributed by atoms with E-state index in [1.807, 2.05) is 31.3 Å². The van der Waals surface area contributed by atoms with Crippen molar-refractivity contribution in [3.63, 3.8) is 0 Å². The number of rotatable bonds is 6. The zero-order valence-electron chi connectivity index (χ0n) is 10.6. The maximum absolute atomic E-state index is 11.3. The Labute approximate surface area is 111 Å². The number of nitrogens with one attached hydrogen (secondary N) is 2. The zero-order valence-corrected chi connectivity index (χ0v) is 10.6. The lowest BCUT2D eigenvalue weighted by atomic mass is 10.2. The van der Waals surface area contributed by atoms with Gasteiger partial charge in [-0.05, 0) is 17.7 Å². The standard InChI is InChI=1S/C12H17N3O4/c1-14-10-4-2-9(3-5-10)8-19-12(17)15-6-7-18-11(13)16/h2-5,14H,6-8H2,1H3,(H2,13,16)(H,15,17). The quantitative estimate of drug-likeness (QED) is 0.668. The van der Waals surface area contributed by atoms with Gasteiger partial charge in [0.1, 0.15) is 13.2 Å². The number of anilines is 1. The summed E-state index contributed by atoms with van der Waals surface area (Å²) >= 11 is 0. The lowest BCUT2D eigenvalue weighted by molar-refractivity contribution is 0.131. The molecule has 0 aromatic heterocycles. The first-order valence-electron chi connectivity index (χ1n) is 5.71. The summed E-state index contributed by atoms with van der Waals surface area (Å²) in [6, 6.07) is 7.49. The summed E-state index contributed by atoms with van der Waals surface area (Å²) in [4.78, 5) is 21.5. The Balaban J connectivity index is 2.20. The molecule has 19 heavy (non-hydrogen) atoms. The molecule has 7 nitrogen and oxygen atoms in total. The number of carbonyl (C=O) groups is 2. The van der Waals surface area contributed by atoms with Crippen molar-refractivity contribution >= 4 is 17.9 Å². The van der Waals surface area contributed by atoms with Gasteiger partial charge in [0.25, 0.3) is 0 Å². The topological polar surface area (TPSA) is 103 Å². The van der Waals surface area contributed by atoms with Crippen LogP contribution >= 0.6 is 0 Å². The van der Waals surface area contributed by atoms with Crippen molar-refractivity contribution in [1.29, 1.82) is 0 Å². The molecular weight excluding hydrogens is 250 g/mol. The number of alkyl carbamates (subject to hydrolysis) is 1. The van der Waals surface area contributed by atoms with Crippen LogP contribution in [-0.4, -0.2) is 32.4 Å². The molecule has 0 heterocycles. The third kappa shape index (κ3) is 6.16. The largest absolute Gasteiger partial charge is 0.448 e. The molecule has 1 rings (SSSR count). The Morgan fingerprint density at radius 2 is 1.89 bits per heavy atom. The van der Waals surface area contributed by atoms with Crippen LogP contribution in [0, 0.1) is 0 Å². The van der Waals surface area contributed by atoms with Gasteiger partial charge in [-0.3, -0.25) is 0 Å². The number of hydrogen-bond acceptors (Lipinski definition) is 5. The third-order valence-corrected chi connectivity index (χ3v) is 2.23. The number of amides is 2. The predicted octanol–water partition coefficient (Wildman–Crippen LogP) is 1.05. The normalized spacial score (nSPS) is 9.53. The number of ether oxygens (including phenoxy) is 2. The first kappa shape index (κ1) is 14.6. The molecule has 0 fully saturated rings. The summed E-state index contributed by atoms with van der Waals surface area (Å²) in [5.74, 6) is 0. The molecule has 1 aromatic carbocycles. The fourth-order valence-corrected chi connectivity index (χ4v) is 1.27. The smallest absolute Gasteiger partial charge is 0.407 e. The molecule has 0 unspecified atom stereocenters. The van der Waals surface area contributed by atoms with E-state index >= 15 is 0 Å². The summed E-state index contributed by atoms with van der Waals surface area (Å²) in [6.07, 6.45) is -1.45.